The largest absolute Gasteiger partial charge is 0.549 e. The third kappa shape index (κ3) is 21.2. The molecule has 0 radical (unpaired) electrons. The van der Waals surface area contributed by atoms with Crippen LogP contribution >= 0.6 is 0 Å². The fourth-order valence-electron chi connectivity index (χ4n) is 11.0. The number of benzene rings is 10. The Morgan fingerprint density at radius 3 is 0.629 bits per heavy atom. The van der Waals surface area contributed by atoms with Crippen LogP contribution < -0.4 is 0 Å². The molecular formula is C80H62O25. The van der Waals surface area contributed by atoms with Gasteiger partial charge in [-0.05, 0) is 98.8 Å². The van der Waals surface area contributed by atoms with Crippen LogP contribution in [0.5, 0.6) is 0 Å². The van der Waals surface area contributed by atoms with Crippen molar-refractivity contribution in [3.05, 3.63) is 301 Å². The quantitative estimate of drug-likeness (QED) is 0.0235. The zero-order chi connectivity index (χ0) is 73.5. The standard InChI is InChI=1S/C80H62O25/c81-71(65-41-21-16-36-60(65)53-26-6-1-7-27-53)96-101-76(86)91-48-46-58(50-93-78(88)103-98-73(83)67-43-23-18-38-62(67)55-30-10-3-11-31-55)70(52-95-80(90)105-100-75(85)69-45-25-20-40-64(69)57-34-14-5-15-35-57)59(51-94-79(89)104-99-74(84)68-44-24-19-39-63(68)56-32-12-4-13-33-56)47-49-92-77(87)102-97-72(82)66-42-22-17-37-61(66)54-28-8-2-9-29-54/h1-45,58-59,70H,46-52H2. The van der Waals surface area contributed by atoms with Gasteiger partial charge >= 0.3 is 60.6 Å². The van der Waals surface area contributed by atoms with Gasteiger partial charge in [0.1, 0.15) is 0 Å². The summed E-state index contributed by atoms with van der Waals surface area (Å²) >= 11 is 0. The zero-order valence-electron chi connectivity index (χ0n) is 55.4. The van der Waals surface area contributed by atoms with Crippen molar-refractivity contribution in [3.63, 3.8) is 0 Å². The summed E-state index contributed by atoms with van der Waals surface area (Å²) in [5.41, 5.74) is 5.10. The van der Waals surface area contributed by atoms with Crippen molar-refractivity contribution in [2.45, 2.75) is 12.8 Å². The highest BCUT2D eigenvalue weighted by atomic mass is 17.3. The van der Waals surface area contributed by atoms with Crippen LogP contribution in [0, 0.1) is 17.8 Å². The van der Waals surface area contributed by atoms with E-state index in [9.17, 15) is 47.9 Å². The van der Waals surface area contributed by atoms with Gasteiger partial charge in [-0.1, -0.05) is 243 Å². The summed E-state index contributed by atoms with van der Waals surface area (Å²) in [6.07, 6.45) is -9.09. The van der Waals surface area contributed by atoms with Crippen LogP contribution in [0.1, 0.15) is 64.6 Å². The Balaban J connectivity index is 0.918. The smallest absolute Gasteiger partial charge is 0.432 e. The predicted octanol–water partition coefficient (Wildman–Crippen LogP) is 16.6. The summed E-state index contributed by atoms with van der Waals surface area (Å²) in [5, 5.41) is 0. The van der Waals surface area contributed by atoms with E-state index in [-0.39, 0.29) is 27.8 Å². The van der Waals surface area contributed by atoms with Crippen LogP contribution in [-0.4, -0.2) is 93.7 Å². The van der Waals surface area contributed by atoms with Gasteiger partial charge in [-0.2, -0.15) is 24.0 Å². The Kier molecular flexibility index (Phi) is 26.6. The Hall–Kier alpha value is -14.1. The van der Waals surface area contributed by atoms with Gasteiger partial charge in [0, 0.05) is 17.8 Å². The molecule has 0 spiro atoms. The van der Waals surface area contributed by atoms with Crippen molar-refractivity contribution in [1.82, 2.24) is 0 Å². The monoisotopic (exact) mass is 1420 g/mol. The van der Waals surface area contributed by atoms with Gasteiger partial charge in [-0.3, -0.25) is 0 Å². The van der Waals surface area contributed by atoms with Crippen LogP contribution in [0.2, 0.25) is 0 Å². The third-order valence-electron chi connectivity index (χ3n) is 15.9. The number of carbonyl (C=O) groups excluding carboxylic acids is 10. The molecule has 0 amide bonds. The molecule has 0 N–H and O–H groups in total. The first kappa shape index (κ1) is 73.6. The van der Waals surface area contributed by atoms with Gasteiger partial charge in [0.25, 0.3) is 0 Å². The highest BCUT2D eigenvalue weighted by Crippen LogP contribution is 2.33. The molecule has 10 rings (SSSR count). The van der Waals surface area contributed by atoms with E-state index in [4.69, 9.17) is 72.6 Å². The number of ether oxygens (including phenoxy) is 5. The molecule has 25 nitrogen and oxygen atoms in total. The minimum atomic E-state index is -1.67. The Morgan fingerprint density at radius 2 is 0.400 bits per heavy atom. The molecule has 532 valence electrons. The molecule has 0 heterocycles. The maximum Gasteiger partial charge on any atom is 0.549 e. The van der Waals surface area contributed by atoms with Crippen molar-refractivity contribution in [2.24, 2.45) is 17.8 Å². The molecule has 0 aliphatic carbocycles. The molecule has 2 unspecified atom stereocenters. The summed E-state index contributed by atoms with van der Waals surface area (Å²) in [6.45, 7) is -4.15. The van der Waals surface area contributed by atoms with Gasteiger partial charge in [0.05, 0.1) is 60.9 Å². The first-order valence-electron chi connectivity index (χ1n) is 32.3. The fraction of sp³-hybridized carbons (Fsp3) is 0.125. The summed E-state index contributed by atoms with van der Waals surface area (Å²) in [7, 11) is 0. The number of rotatable bonds is 24. The van der Waals surface area contributed by atoms with Crippen LogP contribution in [0.4, 0.5) is 24.0 Å². The molecule has 0 saturated carbocycles. The molecule has 0 fully saturated rings. The van der Waals surface area contributed by atoms with E-state index in [1.54, 1.807) is 237 Å². The topological polar surface area (TPSA) is 309 Å². The third-order valence-corrected chi connectivity index (χ3v) is 15.9. The zero-order valence-corrected chi connectivity index (χ0v) is 55.4. The van der Waals surface area contributed by atoms with Crippen LogP contribution in [0.25, 0.3) is 55.6 Å². The summed E-state index contributed by atoms with van der Waals surface area (Å²) < 4.78 is 27.4. The lowest BCUT2D eigenvalue weighted by molar-refractivity contribution is -0.210. The van der Waals surface area contributed by atoms with Crippen LogP contribution in [0.3, 0.4) is 0 Å². The molecule has 105 heavy (non-hydrogen) atoms. The van der Waals surface area contributed by atoms with E-state index < -0.39 is 124 Å². The van der Waals surface area contributed by atoms with Crippen LogP contribution in [-0.2, 0) is 72.6 Å². The van der Waals surface area contributed by atoms with E-state index >= 15 is 0 Å². The summed E-state index contributed by atoms with van der Waals surface area (Å²) in [5.74, 6) is -9.83. The average molecular weight is 1420 g/mol. The molecule has 10 aromatic carbocycles. The molecule has 0 saturated heterocycles. The number of hydrogen-bond acceptors (Lipinski definition) is 25. The second kappa shape index (κ2) is 37.9. The lowest BCUT2D eigenvalue weighted by Crippen LogP contribution is -2.37. The predicted molar refractivity (Wildman–Crippen MR) is 368 cm³/mol. The maximum atomic E-state index is 13.8. The number of carbonyl (C=O) groups is 10. The molecule has 0 aliphatic rings. The van der Waals surface area contributed by atoms with Gasteiger partial charge in [-0.25, -0.2) is 72.8 Å². The molecular weight excluding hydrogens is 1360 g/mol. The summed E-state index contributed by atoms with van der Waals surface area (Å²) in [4.78, 5) is 184. The molecule has 0 aliphatic heterocycles. The molecule has 0 aromatic heterocycles. The Bertz CT molecular complexity index is 4400. The van der Waals surface area contributed by atoms with Crippen molar-refractivity contribution < 1.29 is 121 Å². The first-order chi connectivity index (χ1) is 51.3. The fourth-order valence-corrected chi connectivity index (χ4v) is 11.0. The summed E-state index contributed by atoms with van der Waals surface area (Å²) in [6, 6.07) is 75.0. The van der Waals surface area contributed by atoms with Gasteiger partial charge in [0.2, 0.25) is 0 Å². The van der Waals surface area contributed by atoms with Crippen molar-refractivity contribution in [3.8, 4) is 55.6 Å². The second-order valence-electron chi connectivity index (χ2n) is 22.5. The van der Waals surface area contributed by atoms with Gasteiger partial charge in [0.15, 0.2) is 0 Å². The van der Waals surface area contributed by atoms with Crippen molar-refractivity contribution in [2.75, 3.05) is 33.0 Å². The highest BCUT2D eigenvalue weighted by molar-refractivity contribution is 6.00. The van der Waals surface area contributed by atoms with E-state index in [1.165, 1.54) is 36.4 Å². The molecule has 10 aromatic rings. The first-order valence-corrected chi connectivity index (χ1v) is 32.3. The Labute approximate surface area is 598 Å². The minimum Gasteiger partial charge on any atom is -0.432 e. The molecule has 25 heteroatoms. The van der Waals surface area contributed by atoms with Gasteiger partial charge < -0.3 is 23.7 Å². The van der Waals surface area contributed by atoms with Crippen LogP contribution in [0.15, 0.2) is 273 Å². The van der Waals surface area contributed by atoms with E-state index in [2.05, 4.69) is 0 Å². The van der Waals surface area contributed by atoms with E-state index in [0.29, 0.717) is 55.6 Å². The normalized spacial score (nSPS) is 11.4. The average Bonchev–Trinajstić information content (AvgIpc) is 0.853. The molecule has 0 bridgehead atoms. The SMILES string of the molecule is O=C(OCCC(COC(=O)OOC(=O)c1ccccc1-c1ccccc1)C(COC(=O)OOC(=O)c1ccccc1-c1ccccc1)C(CCOC(=O)OOC(=O)c1ccccc1-c1ccccc1)COC(=O)OOC(=O)c1ccccc1-c1ccccc1)OOC(=O)c1ccccc1-c1ccccc1. The van der Waals surface area contributed by atoms with E-state index in [0.717, 1.165) is 0 Å². The van der Waals surface area contributed by atoms with Crippen molar-refractivity contribution >= 4 is 60.6 Å². The Morgan fingerprint density at radius 1 is 0.210 bits per heavy atom. The number of hydrogen-bond donors (Lipinski definition) is 0. The second-order valence-corrected chi connectivity index (χ2v) is 22.5. The minimum absolute atomic E-state index is 0.00591. The van der Waals surface area contributed by atoms with Crippen molar-refractivity contribution in [1.29, 1.82) is 0 Å². The molecule has 2 atom stereocenters. The highest BCUT2D eigenvalue weighted by Gasteiger charge is 2.36. The lowest BCUT2D eigenvalue weighted by Gasteiger charge is -2.32. The lowest BCUT2D eigenvalue weighted by atomic mass is 9.79. The van der Waals surface area contributed by atoms with E-state index in [1.807, 2.05) is 0 Å². The maximum absolute atomic E-state index is 13.8. The van der Waals surface area contributed by atoms with Gasteiger partial charge in [-0.15, -0.1) is 0 Å².